The summed E-state index contributed by atoms with van der Waals surface area (Å²) in [4.78, 5) is 24.1. The minimum absolute atomic E-state index is 0.113. The van der Waals surface area contributed by atoms with Crippen molar-refractivity contribution in [3.63, 3.8) is 0 Å². The maximum atomic E-state index is 12.4. The number of carbonyl (C=O) groups is 2. The summed E-state index contributed by atoms with van der Waals surface area (Å²) in [5.74, 6) is -0.584. The summed E-state index contributed by atoms with van der Waals surface area (Å²) in [6, 6.07) is 9.78. The van der Waals surface area contributed by atoms with Crippen molar-refractivity contribution in [2.24, 2.45) is 0 Å². The van der Waals surface area contributed by atoms with Crippen LogP contribution in [0.1, 0.15) is 57.4 Å². The quantitative estimate of drug-likeness (QED) is 0.202. The molecule has 0 aliphatic rings. The Morgan fingerprint density at radius 2 is 1.78 bits per heavy atom. The van der Waals surface area contributed by atoms with Crippen molar-refractivity contribution in [2.45, 2.75) is 82.9 Å². The van der Waals surface area contributed by atoms with Crippen LogP contribution >= 0.6 is 0 Å². The number of allylic oxidation sites excluding steroid dienone is 1. The molecule has 0 aromatic heterocycles. The van der Waals surface area contributed by atoms with Gasteiger partial charge in [-0.1, -0.05) is 56.3 Å². The fraction of sp³-hybridized carbons (Fsp3) is 0.538. The van der Waals surface area contributed by atoms with E-state index in [1.165, 1.54) is 13.2 Å². The number of carbonyl (C=O) groups excluding carboxylic acids is 2. The molecule has 0 unspecified atom stereocenters. The molecule has 1 aromatic rings. The minimum atomic E-state index is -0.883. The number of rotatable bonds is 18. The summed E-state index contributed by atoms with van der Waals surface area (Å²) >= 11 is 0. The van der Waals surface area contributed by atoms with E-state index in [0.29, 0.717) is 32.3 Å². The van der Waals surface area contributed by atoms with Gasteiger partial charge in [0.1, 0.15) is 6.10 Å². The number of ether oxygens (including phenoxy) is 3. The molecule has 1 rings (SSSR count). The van der Waals surface area contributed by atoms with Gasteiger partial charge in [-0.05, 0) is 24.5 Å². The zero-order chi connectivity index (χ0) is 23.8. The molecule has 0 saturated carbocycles. The van der Waals surface area contributed by atoms with E-state index >= 15 is 0 Å². The van der Waals surface area contributed by atoms with Crippen molar-refractivity contribution >= 4 is 11.8 Å². The molecule has 0 aliphatic heterocycles. The average molecular weight is 447 g/mol. The normalized spacial score (nSPS) is 14.7. The summed E-state index contributed by atoms with van der Waals surface area (Å²) in [6.07, 6.45) is 4.01. The molecular weight excluding hydrogens is 408 g/mol. The van der Waals surface area contributed by atoms with Crippen LogP contribution in [0.5, 0.6) is 0 Å². The standard InChI is InChI=1S/C26H38O6/c1-5-11-23(31-19-20-13-9-8-10-14-20)16-22(28)17-26(29)32-24(12-6-2)18-25(30-4)15-21(27)7-3/h5,7-10,13-14,22-25,28H,1,3,6,11-12,15-19H2,2,4H3/t22-,23+,24+,25+/m1/s1. The molecule has 6 heteroatoms. The lowest BCUT2D eigenvalue weighted by Crippen LogP contribution is -2.29. The Bertz CT molecular complexity index is 687. The van der Waals surface area contributed by atoms with Crippen molar-refractivity contribution < 1.29 is 28.9 Å². The van der Waals surface area contributed by atoms with Gasteiger partial charge in [0.2, 0.25) is 0 Å². The van der Waals surface area contributed by atoms with Crippen molar-refractivity contribution in [1.29, 1.82) is 0 Å². The molecule has 1 N–H and O–H groups in total. The Morgan fingerprint density at radius 1 is 1.06 bits per heavy atom. The molecule has 178 valence electrons. The van der Waals surface area contributed by atoms with Crippen LogP contribution in [0.25, 0.3) is 0 Å². The lowest BCUT2D eigenvalue weighted by molar-refractivity contribution is -0.153. The fourth-order valence-corrected chi connectivity index (χ4v) is 3.43. The van der Waals surface area contributed by atoms with Crippen LogP contribution in [-0.2, 0) is 30.4 Å². The monoisotopic (exact) mass is 446 g/mol. The molecule has 0 spiro atoms. The van der Waals surface area contributed by atoms with Crippen molar-refractivity contribution in [3.8, 4) is 0 Å². The summed E-state index contributed by atoms with van der Waals surface area (Å²) in [6.45, 7) is 9.65. The van der Waals surface area contributed by atoms with Crippen molar-refractivity contribution in [1.82, 2.24) is 0 Å². The first-order valence-electron chi connectivity index (χ1n) is 11.2. The third kappa shape index (κ3) is 11.9. The van der Waals surface area contributed by atoms with E-state index in [0.717, 1.165) is 12.0 Å². The Hall–Kier alpha value is -2.28. The van der Waals surface area contributed by atoms with Gasteiger partial charge in [0.15, 0.2) is 5.78 Å². The van der Waals surface area contributed by atoms with Crippen LogP contribution in [0.2, 0.25) is 0 Å². The number of aliphatic hydroxyl groups is 1. The van der Waals surface area contributed by atoms with E-state index in [9.17, 15) is 14.7 Å². The molecule has 0 amide bonds. The fourth-order valence-electron chi connectivity index (χ4n) is 3.43. The highest BCUT2D eigenvalue weighted by Crippen LogP contribution is 2.18. The van der Waals surface area contributed by atoms with Gasteiger partial charge in [-0.15, -0.1) is 6.58 Å². The molecule has 0 aliphatic carbocycles. The number of benzene rings is 1. The van der Waals surface area contributed by atoms with Gasteiger partial charge in [0, 0.05) is 26.4 Å². The third-order valence-corrected chi connectivity index (χ3v) is 5.12. The molecule has 0 heterocycles. The van der Waals surface area contributed by atoms with Crippen LogP contribution in [0.3, 0.4) is 0 Å². The van der Waals surface area contributed by atoms with Crippen LogP contribution < -0.4 is 0 Å². The van der Waals surface area contributed by atoms with E-state index in [1.807, 2.05) is 37.3 Å². The minimum Gasteiger partial charge on any atom is -0.462 e. The Balaban J connectivity index is 2.55. The predicted octanol–water partition coefficient (Wildman–Crippen LogP) is 4.55. The highest BCUT2D eigenvalue weighted by molar-refractivity contribution is 5.89. The molecule has 0 bridgehead atoms. The third-order valence-electron chi connectivity index (χ3n) is 5.12. The van der Waals surface area contributed by atoms with E-state index in [2.05, 4.69) is 13.2 Å². The van der Waals surface area contributed by atoms with E-state index in [1.54, 1.807) is 6.08 Å². The highest BCUT2D eigenvalue weighted by atomic mass is 16.5. The van der Waals surface area contributed by atoms with Gasteiger partial charge in [0.25, 0.3) is 0 Å². The first kappa shape index (κ1) is 27.8. The van der Waals surface area contributed by atoms with Crippen LogP contribution in [0.4, 0.5) is 0 Å². The van der Waals surface area contributed by atoms with Gasteiger partial charge in [-0.2, -0.15) is 0 Å². The summed E-state index contributed by atoms with van der Waals surface area (Å²) < 4.78 is 16.9. The number of methoxy groups -OCH3 is 1. The van der Waals surface area contributed by atoms with Crippen LogP contribution in [-0.4, -0.2) is 48.4 Å². The van der Waals surface area contributed by atoms with Gasteiger partial charge in [-0.25, -0.2) is 0 Å². The van der Waals surface area contributed by atoms with E-state index < -0.39 is 12.1 Å². The van der Waals surface area contributed by atoms with E-state index in [4.69, 9.17) is 14.2 Å². The number of esters is 1. The smallest absolute Gasteiger partial charge is 0.308 e. The van der Waals surface area contributed by atoms with E-state index in [-0.39, 0.29) is 36.9 Å². The van der Waals surface area contributed by atoms with Gasteiger partial charge < -0.3 is 19.3 Å². The molecule has 1 aromatic carbocycles. The van der Waals surface area contributed by atoms with Crippen LogP contribution in [0.15, 0.2) is 55.6 Å². The topological polar surface area (TPSA) is 82.1 Å². The first-order valence-corrected chi connectivity index (χ1v) is 11.2. The highest BCUT2D eigenvalue weighted by Gasteiger charge is 2.23. The molecule has 0 saturated heterocycles. The van der Waals surface area contributed by atoms with Crippen molar-refractivity contribution in [3.05, 3.63) is 61.2 Å². The van der Waals surface area contributed by atoms with Crippen molar-refractivity contribution in [2.75, 3.05) is 7.11 Å². The molecular formula is C26H38O6. The Kier molecular flexibility index (Phi) is 14.2. The number of hydrogen-bond donors (Lipinski definition) is 1. The SMILES string of the molecule is C=CC[C@@H](C[C@@H](O)CC(=O)O[C@@H](CCC)C[C@H](CC(=O)C=C)OC)OCc1ccccc1. The first-order chi connectivity index (χ1) is 15.4. The average Bonchev–Trinajstić information content (AvgIpc) is 2.77. The molecule has 32 heavy (non-hydrogen) atoms. The number of ketones is 1. The molecule has 0 fully saturated rings. The lowest BCUT2D eigenvalue weighted by Gasteiger charge is -2.23. The second-order valence-corrected chi connectivity index (χ2v) is 7.91. The Labute approximate surface area is 192 Å². The number of hydrogen-bond acceptors (Lipinski definition) is 6. The zero-order valence-electron chi connectivity index (χ0n) is 19.4. The second kappa shape index (κ2) is 16.4. The predicted molar refractivity (Wildman–Crippen MR) is 125 cm³/mol. The van der Waals surface area contributed by atoms with Gasteiger partial charge in [0.05, 0.1) is 31.3 Å². The lowest BCUT2D eigenvalue weighted by atomic mass is 10.0. The largest absolute Gasteiger partial charge is 0.462 e. The zero-order valence-corrected chi connectivity index (χ0v) is 19.4. The molecule has 6 nitrogen and oxygen atoms in total. The Morgan fingerprint density at radius 3 is 2.38 bits per heavy atom. The summed E-state index contributed by atoms with van der Waals surface area (Å²) in [5, 5.41) is 10.4. The molecule has 0 radical (unpaired) electrons. The van der Waals surface area contributed by atoms with Gasteiger partial charge in [-0.3, -0.25) is 9.59 Å². The van der Waals surface area contributed by atoms with Gasteiger partial charge >= 0.3 is 5.97 Å². The number of aliphatic hydroxyl groups excluding tert-OH is 1. The maximum absolute atomic E-state index is 12.4. The molecule has 4 atom stereocenters. The summed E-state index contributed by atoms with van der Waals surface area (Å²) in [5.41, 5.74) is 1.04. The maximum Gasteiger partial charge on any atom is 0.308 e. The van der Waals surface area contributed by atoms with Crippen LogP contribution in [0, 0.1) is 0 Å². The summed E-state index contributed by atoms with van der Waals surface area (Å²) in [7, 11) is 1.53. The second-order valence-electron chi connectivity index (χ2n) is 7.91.